The molecule has 0 radical (unpaired) electrons. The molecule has 4 atom stereocenters. The van der Waals surface area contributed by atoms with Crippen molar-refractivity contribution in [3.8, 4) is 0 Å². The Morgan fingerprint density at radius 2 is 1.72 bits per heavy atom. The van der Waals surface area contributed by atoms with Crippen LogP contribution in [0.15, 0.2) is 59.5 Å². The monoisotopic (exact) mass is 566 g/mol. The highest BCUT2D eigenvalue weighted by Crippen LogP contribution is 2.34. The summed E-state index contributed by atoms with van der Waals surface area (Å²) < 4.78 is 65.5. The van der Waals surface area contributed by atoms with Crippen LogP contribution in [-0.2, 0) is 20.8 Å². The van der Waals surface area contributed by atoms with E-state index < -0.39 is 57.4 Å². The SMILES string of the molecule is NC(=O)N[C@@H]1CC[C@H](N2CC[C@H](NC(=O)c3cccc(C(F)(F)F)c3)C2=O)[C@H](CS(=O)(=O)c2ccccc2)C1. The Balaban J connectivity index is 1.50. The van der Waals surface area contributed by atoms with Gasteiger partial charge in [-0.2, -0.15) is 13.2 Å². The van der Waals surface area contributed by atoms with Crippen molar-refractivity contribution in [2.24, 2.45) is 11.7 Å². The zero-order valence-electron chi connectivity index (χ0n) is 20.9. The van der Waals surface area contributed by atoms with Gasteiger partial charge in [-0.3, -0.25) is 9.59 Å². The molecule has 1 saturated carbocycles. The molecular formula is C26H29F3N4O5S. The molecule has 2 fully saturated rings. The van der Waals surface area contributed by atoms with Crippen LogP contribution in [0.5, 0.6) is 0 Å². The second-order valence-electron chi connectivity index (χ2n) is 9.87. The van der Waals surface area contributed by atoms with Crippen LogP contribution in [-0.4, -0.2) is 61.6 Å². The van der Waals surface area contributed by atoms with Gasteiger partial charge in [0.2, 0.25) is 5.91 Å². The number of rotatable bonds is 7. The first kappa shape index (κ1) is 28.4. The van der Waals surface area contributed by atoms with Gasteiger partial charge in [-0.15, -0.1) is 0 Å². The number of hydrogen-bond donors (Lipinski definition) is 3. The molecule has 2 aromatic rings. The van der Waals surface area contributed by atoms with E-state index in [2.05, 4.69) is 10.6 Å². The van der Waals surface area contributed by atoms with Crippen molar-refractivity contribution in [2.75, 3.05) is 12.3 Å². The highest BCUT2D eigenvalue weighted by atomic mass is 32.2. The molecule has 13 heteroatoms. The van der Waals surface area contributed by atoms with Crippen LogP contribution in [0.4, 0.5) is 18.0 Å². The van der Waals surface area contributed by atoms with Gasteiger partial charge in [-0.05, 0) is 61.9 Å². The summed E-state index contributed by atoms with van der Waals surface area (Å²) in [5, 5.41) is 5.16. The van der Waals surface area contributed by atoms with Crippen LogP contribution >= 0.6 is 0 Å². The molecule has 0 aromatic heterocycles. The lowest BCUT2D eigenvalue weighted by Crippen LogP contribution is -2.53. The number of alkyl halides is 3. The Morgan fingerprint density at radius 1 is 1.00 bits per heavy atom. The van der Waals surface area contributed by atoms with Gasteiger partial charge in [0.15, 0.2) is 9.84 Å². The minimum Gasteiger partial charge on any atom is -0.352 e. The number of carbonyl (C=O) groups excluding carboxylic acids is 3. The van der Waals surface area contributed by atoms with Crippen molar-refractivity contribution in [3.63, 3.8) is 0 Å². The molecule has 1 saturated heterocycles. The summed E-state index contributed by atoms with van der Waals surface area (Å²) in [6.45, 7) is 0.243. The van der Waals surface area contributed by atoms with Crippen LogP contribution in [0.2, 0.25) is 0 Å². The van der Waals surface area contributed by atoms with Crippen molar-refractivity contribution in [3.05, 3.63) is 65.7 Å². The van der Waals surface area contributed by atoms with E-state index in [4.69, 9.17) is 5.73 Å². The normalized spacial score (nSPS) is 23.9. The Labute approximate surface area is 223 Å². The van der Waals surface area contributed by atoms with Crippen LogP contribution in [0.3, 0.4) is 0 Å². The van der Waals surface area contributed by atoms with E-state index >= 15 is 0 Å². The number of benzene rings is 2. The fraction of sp³-hybridized carbons (Fsp3) is 0.423. The minimum atomic E-state index is -4.62. The Kier molecular flexibility index (Phi) is 8.19. The molecule has 210 valence electrons. The lowest BCUT2D eigenvalue weighted by atomic mass is 9.81. The highest BCUT2D eigenvalue weighted by molar-refractivity contribution is 7.91. The highest BCUT2D eigenvalue weighted by Gasteiger charge is 2.44. The van der Waals surface area contributed by atoms with E-state index in [-0.39, 0.29) is 41.6 Å². The predicted molar refractivity (Wildman–Crippen MR) is 135 cm³/mol. The molecule has 0 bridgehead atoms. The van der Waals surface area contributed by atoms with E-state index in [1.807, 2.05) is 0 Å². The maximum Gasteiger partial charge on any atom is 0.416 e. The molecule has 1 aliphatic heterocycles. The number of urea groups is 1. The molecule has 1 heterocycles. The van der Waals surface area contributed by atoms with E-state index in [0.29, 0.717) is 12.8 Å². The molecule has 4 N–H and O–H groups in total. The fourth-order valence-electron chi connectivity index (χ4n) is 5.42. The number of nitrogens with zero attached hydrogens (tertiary/aromatic N) is 1. The number of amides is 4. The summed E-state index contributed by atoms with van der Waals surface area (Å²) in [5.74, 6) is -2.02. The second kappa shape index (κ2) is 11.2. The van der Waals surface area contributed by atoms with Gasteiger partial charge < -0.3 is 21.3 Å². The van der Waals surface area contributed by atoms with Gasteiger partial charge >= 0.3 is 12.2 Å². The molecular weight excluding hydrogens is 537 g/mol. The smallest absolute Gasteiger partial charge is 0.352 e. The third-order valence-electron chi connectivity index (χ3n) is 7.22. The van der Waals surface area contributed by atoms with Crippen molar-refractivity contribution in [1.82, 2.24) is 15.5 Å². The molecule has 2 aromatic carbocycles. The Morgan fingerprint density at radius 3 is 2.38 bits per heavy atom. The molecule has 4 rings (SSSR count). The van der Waals surface area contributed by atoms with Gasteiger partial charge in [-0.25, -0.2) is 13.2 Å². The fourth-order valence-corrected chi connectivity index (χ4v) is 7.11. The lowest BCUT2D eigenvalue weighted by molar-refractivity contribution is -0.137. The zero-order valence-corrected chi connectivity index (χ0v) is 21.7. The number of nitrogens with one attached hydrogen (secondary N) is 2. The third kappa shape index (κ3) is 6.70. The maximum absolute atomic E-state index is 13.3. The number of nitrogens with two attached hydrogens (primary N) is 1. The van der Waals surface area contributed by atoms with Gasteiger partial charge in [0.05, 0.1) is 16.2 Å². The summed E-state index contributed by atoms with van der Waals surface area (Å²) in [6, 6.07) is 9.34. The van der Waals surface area contributed by atoms with E-state index in [1.165, 1.54) is 18.2 Å². The average Bonchev–Trinajstić information content (AvgIpc) is 3.23. The summed E-state index contributed by atoms with van der Waals surface area (Å²) in [6.07, 6.45) is -3.24. The summed E-state index contributed by atoms with van der Waals surface area (Å²) in [4.78, 5) is 39.1. The second-order valence-corrected chi connectivity index (χ2v) is 11.9. The third-order valence-corrected chi connectivity index (χ3v) is 9.08. The molecule has 0 spiro atoms. The summed E-state index contributed by atoms with van der Waals surface area (Å²) >= 11 is 0. The average molecular weight is 567 g/mol. The standard InChI is InChI=1S/C26H29F3N4O5S/c27-26(28,29)18-6-4-5-16(13-18)23(34)32-21-11-12-33(24(21)35)22-10-9-19(31-25(30)36)14-17(22)15-39(37,38)20-7-2-1-3-8-20/h1-8,13,17,19,21-22H,9-12,14-15H2,(H,32,34)(H3,30,31,36)/t17-,19+,21-,22-/m0/s1. The predicted octanol–water partition coefficient (Wildman–Crippen LogP) is 2.72. The number of sulfone groups is 1. The molecule has 9 nitrogen and oxygen atoms in total. The van der Waals surface area contributed by atoms with Crippen molar-refractivity contribution in [2.45, 2.75) is 54.9 Å². The van der Waals surface area contributed by atoms with Crippen molar-refractivity contribution in [1.29, 1.82) is 0 Å². The van der Waals surface area contributed by atoms with Gasteiger partial charge in [0.25, 0.3) is 5.91 Å². The number of likely N-dealkylation sites (tertiary alicyclic amines) is 1. The topological polar surface area (TPSA) is 139 Å². The largest absolute Gasteiger partial charge is 0.416 e. The van der Waals surface area contributed by atoms with Crippen LogP contribution in [0, 0.1) is 5.92 Å². The maximum atomic E-state index is 13.3. The number of primary amides is 1. The summed E-state index contributed by atoms with van der Waals surface area (Å²) in [5.41, 5.74) is 4.08. The lowest BCUT2D eigenvalue weighted by Gasteiger charge is -2.41. The van der Waals surface area contributed by atoms with Crippen LogP contribution in [0.25, 0.3) is 0 Å². The van der Waals surface area contributed by atoms with E-state index in [0.717, 1.165) is 18.2 Å². The van der Waals surface area contributed by atoms with Crippen molar-refractivity contribution < 1.29 is 36.0 Å². The van der Waals surface area contributed by atoms with Crippen LogP contribution < -0.4 is 16.4 Å². The number of hydrogen-bond acceptors (Lipinski definition) is 5. The number of halogens is 3. The van der Waals surface area contributed by atoms with E-state index in [1.54, 1.807) is 23.1 Å². The molecule has 2 aliphatic rings. The molecule has 4 amide bonds. The molecule has 1 aliphatic carbocycles. The Bertz CT molecular complexity index is 1340. The Hall–Kier alpha value is -3.61. The number of carbonyl (C=O) groups is 3. The minimum absolute atomic E-state index is 0.146. The quantitative estimate of drug-likeness (QED) is 0.473. The summed E-state index contributed by atoms with van der Waals surface area (Å²) in [7, 11) is -3.72. The first-order valence-electron chi connectivity index (χ1n) is 12.5. The van der Waals surface area contributed by atoms with Gasteiger partial charge in [0.1, 0.15) is 6.04 Å². The molecule has 0 unspecified atom stereocenters. The van der Waals surface area contributed by atoms with Crippen molar-refractivity contribution >= 4 is 27.7 Å². The molecule has 39 heavy (non-hydrogen) atoms. The van der Waals surface area contributed by atoms with E-state index in [9.17, 15) is 36.0 Å². The van der Waals surface area contributed by atoms with Gasteiger partial charge in [0, 0.05) is 24.2 Å². The zero-order chi connectivity index (χ0) is 28.4. The van der Waals surface area contributed by atoms with Gasteiger partial charge in [-0.1, -0.05) is 24.3 Å². The van der Waals surface area contributed by atoms with Crippen LogP contribution in [0.1, 0.15) is 41.6 Å². The first-order chi connectivity index (χ1) is 18.3. The first-order valence-corrected chi connectivity index (χ1v) is 14.1.